The average Bonchev–Trinajstić information content (AvgIpc) is 3.08. The van der Waals surface area contributed by atoms with Crippen LogP contribution in [-0.2, 0) is 14.8 Å². The van der Waals surface area contributed by atoms with E-state index in [9.17, 15) is 18.5 Å². The molecule has 0 fully saturated rings. The monoisotopic (exact) mass is 369 g/mol. The zero-order chi connectivity index (χ0) is 18.9. The molecule has 0 amide bonds. The largest absolute Gasteiger partial charge is 0.465 e. The molecule has 26 heavy (non-hydrogen) atoms. The maximum absolute atomic E-state index is 12.7. The van der Waals surface area contributed by atoms with E-state index in [0.29, 0.717) is 22.2 Å². The van der Waals surface area contributed by atoms with Crippen LogP contribution in [0, 0.1) is 18.3 Å². The molecule has 0 aliphatic heterocycles. The number of carbonyl (C=O) groups excluding carboxylic acids is 1. The second-order valence-corrected chi connectivity index (χ2v) is 7.30. The molecule has 0 saturated carbocycles. The molecular formula is C18H15N3O4S. The van der Waals surface area contributed by atoms with E-state index in [2.05, 4.69) is 20.5 Å². The second kappa shape index (κ2) is 6.54. The molecule has 0 spiro atoms. The molecule has 2 N–H and O–H groups in total. The SMILES string of the molecule is COC(=O)c1cccc(S(=O)(=O)Nc2ccc(C)c3c(C#N)c[nH]c23)c1. The molecule has 0 aliphatic rings. The Morgan fingerprint density at radius 1 is 1.27 bits per heavy atom. The highest BCUT2D eigenvalue weighted by molar-refractivity contribution is 7.92. The van der Waals surface area contributed by atoms with Crippen molar-refractivity contribution >= 4 is 32.6 Å². The van der Waals surface area contributed by atoms with Crippen molar-refractivity contribution in [2.24, 2.45) is 0 Å². The number of methoxy groups -OCH3 is 1. The molecule has 2 aromatic carbocycles. The fraction of sp³-hybridized carbons (Fsp3) is 0.111. The van der Waals surface area contributed by atoms with E-state index in [1.54, 1.807) is 12.1 Å². The highest BCUT2D eigenvalue weighted by Gasteiger charge is 2.19. The van der Waals surface area contributed by atoms with Gasteiger partial charge in [-0.3, -0.25) is 4.72 Å². The van der Waals surface area contributed by atoms with E-state index in [4.69, 9.17) is 0 Å². The average molecular weight is 369 g/mol. The quantitative estimate of drug-likeness (QED) is 0.687. The van der Waals surface area contributed by atoms with Gasteiger partial charge >= 0.3 is 5.97 Å². The summed E-state index contributed by atoms with van der Waals surface area (Å²) >= 11 is 0. The van der Waals surface area contributed by atoms with E-state index in [0.717, 1.165) is 5.56 Å². The van der Waals surface area contributed by atoms with Crippen LogP contribution >= 0.6 is 0 Å². The normalized spacial score (nSPS) is 11.1. The van der Waals surface area contributed by atoms with E-state index < -0.39 is 16.0 Å². The number of aromatic amines is 1. The van der Waals surface area contributed by atoms with Gasteiger partial charge in [-0.2, -0.15) is 5.26 Å². The molecule has 3 aromatic rings. The van der Waals surface area contributed by atoms with Crippen LogP contribution in [0.3, 0.4) is 0 Å². The van der Waals surface area contributed by atoms with Crippen LogP contribution in [0.1, 0.15) is 21.5 Å². The number of esters is 1. The van der Waals surface area contributed by atoms with E-state index in [-0.39, 0.29) is 10.5 Å². The zero-order valence-corrected chi connectivity index (χ0v) is 14.8. The van der Waals surface area contributed by atoms with Gasteiger partial charge in [0.25, 0.3) is 10.0 Å². The number of benzene rings is 2. The predicted octanol–water partition coefficient (Wildman–Crippen LogP) is 2.94. The predicted molar refractivity (Wildman–Crippen MR) is 96.3 cm³/mol. The summed E-state index contributed by atoms with van der Waals surface area (Å²) < 4.78 is 32.6. The number of nitriles is 1. The van der Waals surface area contributed by atoms with Gasteiger partial charge in [-0.25, -0.2) is 13.2 Å². The molecule has 7 nitrogen and oxygen atoms in total. The topological polar surface area (TPSA) is 112 Å². The smallest absolute Gasteiger partial charge is 0.337 e. The number of rotatable bonds is 4. The third-order valence-electron chi connectivity index (χ3n) is 3.97. The second-order valence-electron chi connectivity index (χ2n) is 5.62. The molecule has 1 aromatic heterocycles. The van der Waals surface area contributed by atoms with Crippen LogP contribution in [0.25, 0.3) is 10.9 Å². The van der Waals surface area contributed by atoms with Crippen molar-refractivity contribution < 1.29 is 17.9 Å². The van der Waals surface area contributed by atoms with Crippen molar-refractivity contribution in [3.63, 3.8) is 0 Å². The third-order valence-corrected chi connectivity index (χ3v) is 5.34. The number of sulfonamides is 1. The number of carbonyl (C=O) groups is 1. The first-order valence-electron chi connectivity index (χ1n) is 7.59. The molecule has 0 unspecified atom stereocenters. The summed E-state index contributed by atoms with van der Waals surface area (Å²) in [4.78, 5) is 14.5. The number of nitrogens with one attached hydrogen (secondary N) is 2. The van der Waals surface area contributed by atoms with Crippen LogP contribution in [-0.4, -0.2) is 26.5 Å². The van der Waals surface area contributed by atoms with Crippen molar-refractivity contribution in [1.29, 1.82) is 5.26 Å². The fourth-order valence-electron chi connectivity index (χ4n) is 2.71. The highest BCUT2D eigenvalue weighted by Crippen LogP contribution is 2.30. The van der Waals surface area contributed by atoms with Gasteiger partial charge in [-0.1, -0.05) is 12.1 Å². The molecule has 0 aliphatic carbocycles. The summed E-state index contributed by atoms with van der Waals surface area (Å²) in [6.07, 6.45) is 1.54. The number of aryl methyl sites for hydroxylation is 1. The first kappa shape index (κ1) is 17.5. The maximum atomic E-state index is 12.7. The molecule has 132 valence electrons. The summed E-state index contributed by atoms with van der Waals surface area (Å²) in [5.41, 5.74) is 2.26. The standard InChI is InChI=1S/C18H15N3O4S/c1-11-6-7-15(17-16(11)13(9-19)10-20-17)21-26(23,24)14-5-3-4-12(8-14)18(22)25-2/h3-8,10,20-21H,1-2H3. The molecule has 3 rings (SSSR count). The minimum absolute atomic E-state index is 0.0683. The van der Waals surface area contributed by atoms with E-state index in [1.165, 1.54) is 37.6 Å². The Morgan fingerprint density at radius 2 is 2.04 bits per heavy atom. The van der Waals surface area contributed by atoms with Crippen molar-refractivity contribution in [3.8, 4) is 6.07 Å². The van der Waals surface area contributed by atoms with Crippen molar-refractivity contribution in [1.82, 2.24) is 4.98 Å². The highest BCUT2D eigenvalue weighted by atomic mass is 32.2. The Bertz CT molecular complexity index is 1160. The van der Waals surface area contributed by atoms with Gasteiger partial charge in [-0.15, -0.1) is 0 Å². The summed E-state index contributed by atoms with van der Waals surface area (Å²) in [5, 5.41) is 9.87. The molecule has 0 atom stereocenters. The summed E-state index contributed by atoms with van der Waals surface area (Å²) in [6.45, 7) is 1.84. The number of fused-ring (bicyclic) bond motifs is 1. The van der Waals surface area contributed by atoms with E-state index in [1.807, 2.05) is 6.92 Å². The number of ether oxygens (including phenoxy) is 1. The number of anilines is 1. The maximum Gasteiger partial charge on any atom is 0.337 e. The van der Waals surface area contributed by atoms with Gasteiger partial charge in [-0.05, 0) is 36.8 Å². The third kappa shape index (κ3) is 3.00. The van der Waals surface area contributed by atoms with Gasteiger partial charge < -0.3 is 9.72 Å². The zero-order valence-electron chi connectivity index (χ0n) is 14.0. The summed E-state index contributed by atoms with van der Waals surface area (Å²) in [7, 11) is -2.72. The lowest BCUT2D eigenvalue weighted by Gasteiger charge is -2.11. The molecule has 0 bridgehead atoms. The summed E-state index contributed by atoms with van der Waals surface area (Å²) in [6, 6.07) is 11.0. The minimum atomic E-state index is -3.94. The van der Waals surface area contributed by atoms with E-state index >= 15 is 0 Å². The molecular weight excluding hydrogens is 354 g/mol. The molecule has 0 radical (unpaired) electrons. The van der Waals surface area contributed by atoms with Gasteiger partial charge in [0.1, 0.15) is 6.07 Å². The lowest BCUT2D eigenvalue weighted by molar-refractivity contribution is 0.0600. The van der Waals surface area contributed by atoms with Crippen LogP contribution in [0.15, 0.2) is 47.5 Å². The van der Waals surface area contributed by atoms with Gasteiger partial charge in [0.15, 0.2) is 0 Å². The first-order chi connectivity index (χ1) is 12.4. The number of nitrogens with zero attached hydrogens (tertiary/aromatic N) is 1. The molecule has 1 heterocycles. The van der Waals surface area contributed by atoms with Gasteiger partial charge in [0.05, 0.1) is 34.3 Å². The Labute approximate surface area is 150 Å². The fourth-order valence-corrected chi connectivity index (χ4v) is 3.82. The number of aromatic nitrogens is 1. The molecule has 8 heteroatoms. The lowest BCUT2D eigenvalue weighted by atomic mass is 10.1. The Morgan fingerprint density at radius 3 is 2.73 bits per heavy atom. The van der Waals surface area contributed by atoms with Crippen molar-refractivity contribution in [2.45, 2.75) is 11.8 Å². The first-order valence-corrected chi connectivity index (χ1v) is 9.07. The van der Waals surface area contributed by atoms with Gasteiger partial charge in [0, 0.05) is 11.6 Å². The Kier molecular flexibility index (Phi) is 4.40. The van der Waals surface area contributed by atoms with Crippen LogP contribution in [0.5, 0.6) is 0 Å². The van der Waals surface area contributed by atoms with Crippen molar-refractivity contribution in [3.05, 3.63) is 59.3 Å². The lowest BCUT2D eigenvalue weighted by Crippen LogP contribution is -2.14. The van der Waals surface area contributed by atoms with Crippen LogP contribution < -0.4 is 4.72 Å². The Hall–Kier alpha value is -3.31. The number of H-pyrrole nitrogens is 1. The van der Waals surface area contributed by atoms with Crippen molar-refractivity contribution in [2.75, 3.05) is 11.8 Å². The number of hydrogen-bond donors (Lipinski definition) is 2. The Balaban J connectivity index is 2.05. The number of hydrogen-bond acceptors (Lipinski definition) is 5. The summed E-state index contributed by atoms with van der Waals surface area (Å²) in [5.74, 6) is -0.622. The molecule has 0 saturated heterocycles. The van der Waals surface area contributed by atoms with Crippen LogP contribution in [0.2, 0.25) is 0 Å². The minimum Gasteiger partial charge on any atom is -0.465 e. The van der Waals surface area contributed by atoms with Crippen LogP contribution in [0.4, 0.5) is 5.69 Å². The van der Waals surface area contributed by atoms with Gasteiger partial charge in [0.2, 0.25) is 0 Å².